The molecular formula is C13H23N3O. The predicted octanol–water partition coefficient (Wildman–Crippen LogP) is 1.61. The smallest absolute Gasteiger partial charge is 0.268 e. The second-order valence-electron chi connectivity index (χ2n) is 4.91. The molecule has 0 aliphatic heterocycles. The third-order valence-corrected chi connectivity index (χ3v) is 3.50. The number of nitrogens with zero attached hydrogens (tertiary/aromatic N) is 1. The van der Waals surface area contributed by atoms with Crippen molar-refractivity contribution in [3.05, 3.63) is 24.0 Å². The summed E-state index contributed by atoms with van der Waals surface area (Å²) < 4.78 is 1.92. The summed E-state index contributed by atoms with van der Waals surface area (Å²) in [6, 6.07) is 3.71. The Balaban J connectivity index is 2.85. The van der Waals surface area contributed by atoms with Gasteiger partial charge in [-0.05, 0) is 31.9 Å². The van der Waals surface area contributed by atoms with Gasteiger partial charge in [0.25, 0.3) is 5.91 Å². The highest BCUT2D eigenvalue weighted by molar-refractivity contribution is 5.93. The molecule has 4 heteroatoms. The molecule has 0 aliphatic rings. The fraction of sp³-hybridized carbons (Fsp3) is 0.615. The molecule has 0 fully saturated rings. The van der Waals surface area contributed by atoms with Crippen LogP contribution in [0.4, 0.5) is 0 Å². The van der Waals surface area contributed by atoms with Crippen molar-refractivity contribution < 1.29 is 4.79 Å². The molecule has 3 N–H and O–H groups in total. The van der Waals surface area contributed by atoms with E-state index in [1.807, 2.05) is 36.7 Å². The van der Waals surface area contributed by atoms with Crippen LogP contribution in [0, 0.1) is 5.92 Å². The molecule has 4 nitrogen and oxygen atoms in total. The first-order valence-electron chi connectivity index (χ1n) is 6.12. The maximum atomic E-state index is 12.2. The molecule has 96 valence electrons. The van der Waals surface area contributed by atoms with E-state index in [9.17, 15) is 4.79 Å². The number of carbonyl (C=O) groups excluding carboxylic acids is 1. The van der Waals surface area contributed by atoms with Gasteiger partial charge in [-0.2, -0.15) is 0 Å². The average molecular weight is 237 g/mol. The molecule has 1 aromatic heterocycles. The van der Waals surface area contributed by atoms with Crippen molar-refractivity contribution in [2.24, 2.45) is 11.7 Å². The first kappa shape index (κ1) is 13.8. The number of amides is 1. The zero-order valence-corrected chi connectivity index (χ0v) is 11.2. The Labute approximate surface area is 103 Å². The van der Waals surface area contributed by atoms with Gasteiger partial charge >= 0.3 is 0 Å². The van der Waals surface area contributed by atoms with E-state index in [-0.39, 0.29) is 11.4 Å². The Morgan fingerprint density at radius 2 is 2.24 bits per heavy atom. The Morgan fingerprint density at radius 3 is 2.71 bits per heavy atom. The second-order valence-corrected chi connectivity index (χ2v) is 4.91. The van der Waals surface area contributed by atoms with E-state index >= 15 is 0 Å². The van der Waals surface area contributed by atoms with Gasteiger partial charge < -0.3 is 15.6 Å². The lowest BCUT2D eigenvalue weighted by Gasteiger charge is -2.33. The first-order valence-corrected chi connectivity index (χ1v) is 6.12. The number of hydrogen-bond acceptors (Lipinski definition) is 2. The summed E-state index contributed by atoms with van der Waals surface area (Å²) >= 11 is 0. The van der Waals surface area contributed by atoms with E-state index in [0.717, 1.165) is 6.54 Å². The van der Waals surface area contributed by atoms with Crippen LogP contribution in [-0.2, 0) is 6.54 Å². The molecule has 1 amide bonds. The lowest BCUT2D eigenvalue weighted by molar-refractivity contribution is 0.0873. The zero-order valence-electron chi connectivity index (χ0n) is 11.2. The van der Waals surface area contributed by atoms with Crippen LogP contribution in [0.15, 0.2) is 18.3 Å². The summed E-state index contributed by atoms with van der Waals surface area (Å²) in [7, 11) is 0. The maximum Gasteiger partial charge on any atom is 0.268 e. The lowest BCUT2D eigenvalue weighted by atomic mass is 9.88. The molecule has 0 aromatic carbocycles. The van der Waals surface area contributed by atoms with Crippen LogP contribution in [0.5, 0.6) is 0 Å². The van der Waals surface area contributed by atoms with Gasteiger partial charge in [-0.1, -0.05) is 13.8 Å². The highest BCUT2D eigenvalue weighted by Crippen LogP contribution is 2.16. The van der Waals surface area contributed by atoms with Gasteiger partial charge in [-0.3, -0.25) is 4.79 Å². The van der Waals surface area contributed by atoms with E-state index in [4.69, 9.17) is 5.73 Å². The van der Waals surface area contributed by atoms with Crippen LogP contribution in [-0.4, -0.2) is 22.6 Å². The number of rotatable bonds is 5. The van der Waals surface area contributed by atoms with Gasteiger partial charge in [-0.15, -0.1) is 0 Å². The maximum absolute atomic E-state index is 12.2. The largest absolute Gasteiger partial charge is 0.344 e. The summed E-state index contributed by atoms with van der Waals surface area (Å²) in [5, 5.41) is 3.03. The second kappa shape index (κ2) is 5.36. The molecule has 1 aromatic rings. The number of aromatic nitrogens is 1. The highest BCUT2D eigenvalue weighted by Gasteiger charge is 2.29. The Hall–Kier alpha value is -1.29. The molecular weight excluding hydrogens is 214 g/mol. The monoisotopic (exact) mass is 237 g/mol. The van der Waals surface area contributed by atoms with Gasteiger partial charge in [0, 0.05) is 19.3 Å². The van der Waals surface area contributed by atoms with E-state index < -0.39 is 0 Å². The first-order chi connectivity index (χ1) is 7.94. The molecule has 17 heavy (non-hydrogen) atoms. The number of nitrogens with one attached hydrogen (secondary N) is 1. The van der Waals surface area contributed by atoms with E-state index in [2.05, 4.69) is 19.2 Å². The number of carbonyl (C=O) groups is 1. The third kappa shape index (κ3) is 2.88. The van der Waals surface area contributed by atoms with Crippen molar-refractivity contribution in [1.82, 2.24) is 9.88 Å². The standard InChI is InChI=1S/C13H23N3O/c1-5-16-8-6-7-11(16)12(17)15-13(4,9-14)10(2)3/h6-8,10H,5,9,14H2,1-4H3,(H,15,17). The van der Waals surface area contributed by atoms with Crippen LogP contribution < -0.4 is 11.1 Å². The fourth-order valence-electron chi connectivity index (χ4n) is 1.65. The van der Waals surface area contributed by atoms with E-state index in [1.165, 1.54) is 0 Å². The van der Waals surface area contributed by atoms with Crippen LogP contribution in [0.1, 0.15) is 38.2 Å². The van der Waals surface area contributed by atoms with E-state index in [0.29, 0.717) is 18.2 Å². The topological polar surface area (TPSA) is 60.0 Å². The summed E-state index contributed by atoms with van der Waals surface area (Å²) in [6.07, 6.45) is 1.91. The van der Waals surface area contributed by atoms with Gasteiger partial charge in [0.2, 0.25) is 0 Å². The Bertz CT molecular complexity index is 384. The molecule has 0 bridgehead atoms. The summed E-state index contributed by atoms with van der Waals surface area (Å²) in [4.78, 5) is 12.2. The molecule has 1 atom stereocenters. The molecule has 0 saturated carbocycles. The molecule has 0 aliphatic carbocycles. The zero-order chi connectivity index (χ0) is 13.1. The van der Waals surface area contributed by atoms with Crippen molar-refractivity contribution in [1.29, 1.82) is 0 Å². The summed E-state index contributed by atoms with van der Waals surface area (Å²) in [5.41, 5.74) is 6.09. The van der Waals surface area contributed by atoms with Crippen LogP contribution in [0.25, 0.3) is 0 Å². The third-order valence-electron chi connectivity index (χ3n) is 3.50. The number of nitrogens with two attached hydrogens (primary N) is 1. The van der Waals surface area contributed by atoms with Crippen LogP contribution in [0.2, 0.25) is 0 Å². The van der Waals surface area contributed by atoms with E-state index in [1.54, 1.807) is 0 Å². The van der Waals surface area contributed by atoms with Crippen molar-refractivity contribution >= 4 is 5.91 Å². The molecule has 1 unspecified atom stereocenters. The van der Waals surface area contributed by atoms with Gasteiger partial charge in [0.1, 0.15) is 5.69 Å². The Morgan fingerprint density at radius 1 is 1.59 bits per heavy atom. The lowest BCUT2D eigenvalue weighted by Crippen LogP contribution is -2.55. The number of aryl methyl sites for hydroxylation is 1. The number of hydrogen-bond donors (Lipinski definition) is 2. The highest BCUT2D eigenvalue weighted by atomic mass is 16.2. The van der Waals surface area contributed by atoms with Gasteiger partial charge in [0.05, 0.1) is 5.54 Å². The minimum absolute atomic E-state index is 0.0569. The van der Waals surface area contributed by atoms with Crippen molar-refractivity contribution in [2.75, 3.05) is 6.54 Å². The van der Waals surface area contributed by atoms with Crippen LogP contribution in [0.3, 0.4) is 0 Å². The quantitative estimate of drug-likeness (QED) is 0.817. The predicted molar refractivity (Wildman–Crippen MR) is 69.9 cm³/mol. The van der Waals surface area contributed by atoms with Crippen molar-refractivity contribution in [3.63, 3.8) is 0 Å². The SMILES string of the molecule is CCn1cccc1C(=O)NC(C)(CN)C(C)C. The normalized spacial score (nSPS) is 14.7. The molecule has 0 radical (unpaired) electrons. The molecule has 0 saturated heterocycles. The van der Waals surface area contributed by atoms with Crippen molar-refractivity contribution in [2.45, 2.75) is 39.8 Å². The minimum atomic E-state index is -0.361. The minimum Gasteiger partial charge on any atom is -0.344 e. The summed E-state index contributed by atoms with van der Waals surface area (Å²) in [5.74, 6) is 0.236. The summed E-state index contributed by atoms with van der Waals surface area (Å²) in [6.45, 7) is 9.34. The fourth-order valence-corrected chi connectivity index (χ4v) is 1.65. The van der Waals surface area contributed by atoms with Crippen LogP contribution >= 0.6 is 0 Å². The van der Waals surface area contributed by atoms with Crippen molar-refractivity contribution in [3.8, 4) is 0 Å². The van der Waals surface area contributed by atoms with Gasteiger partial charge in [-0.25, -0.2) is 0 Å². The molecule has 1 heterocycles. The molecule has 0 spiro atoms. The molecule has 1 rings (SSSR count). The average Bonchev–Trinajstić information content (AvgIpc) is 2.76. The van der Waals surface area contributed by atoms with Gasteiger partial charge in [0.15, 0.2) is 0 Å². The Kier molecular flexibility index (Phi) is 4.34.